The molecule has 0 aliphatic carbocycles. The first kappa shape index (κ1) is 14.1. The lowest BCUT2D eigenvalue weighted by molar-refractivity contribution is 0.185. The van der Waals surface area contributed by atoms with E-state index < -0.39 is 0 Å². The van der Waals surface area contributed by atoms with Crippen molar-refractivity contribution in [1.82, 2.24) is 9.55 Å². The zero-order valence-electron chi connectivity index (χ0n) is 12.0. The van der Waals surface area contributed by atoms with Gasteiger partial charge in [-0.1, -0.05) is 0 Å². The molecule has 1 unspecified atom stereocenters. The molecule has 1 aromatic rings. The summed E-state index contributed by atoms with van der Waals surface area (Å²) < 4.78 is 7.05. The summed E-state index contributed by atoms with van der Waals surface area (Å²) >= 11 is 0. The van der Waals surface area contributed by atoms with Gasteiger partial charge < -0.3 is 14.6 Å². The molecule has 0 radical (unpaired) electrons. The van der Waals surface area contributed by atoms with Crippen LogP contribution >= 0.6 is 0 Å². The molecular formula is C14H23N3O2. The molecule has 2 rings (SSSR count). The third-order valence-electron chi connectivity index (χ3n) is 3.43. The number of anilines is 1. The fourth-order valence-electron chi connectivity index (χ4n) is 2.27. The van der Waals surface area contributed by atoms with Crippen LogP contribution in [0.2, 0.25) is 0 Å². The Morgan fingerprint density at radius 2 is 2.32 bits per heavy atom. The summed E-state index contributed by atoms with van der Waals surface area (Å²) in [7, 11) is 0. The van der Waals surface area contributed by atoms with Crippen LogP contribution in [0.1, 0.15) is 33.6 Å². The Morgan fingerprint density at radius 1 is 1.53 bits per heavy atom. The smallest absolute Gasteiger partial charge is 0.293 e. The molecule has 1 aliphatic rings. The summed E-state index contributed by atoms with van der Waals surface area (Å²) in [6.45, 7) is 8.50. The van der Waals surface area contributed by atoms with Crippen molar-refractivity contribution in [1.29, 1.82) is 0 Å². The predicted octanol–water partition coefficient (Wildman–Crippen LogP) is 1.84. The number of nitrogens with one attached hydrogen (secondary N) is 1. The Bertz CT molecular complexity index is 470. The van der Waals surface area contributed by atoms with E-state index in [4.69, 9.17) is 4.74 Å². The minimum absolute atomic E-state index is 0.0577. The van der Waals surface area contributed by atoms with Crippen LogP contribution in [-0.4, -0.2) is 29.3 Å². The molecule has 1 aromatic heterocycles. The van der Waals surface area contributed by atoms with E-state index in [1.165, 1.54) is 0 Å². The fraction of sp³-hybridized carbons (Fsp3) is 0.714. The molecule has 1 N–H and O–H groups in total. The van der Waals surface area contributed by atoms with Gasteiger partial charge in [0.15, 0.2) is 5.82 Å². The lowest BCUT2D eigenvalue weighted by Gasteiger charge is -2.22. The molecule has 1 aliphatic heterocycles. The van der Waals surface area contributed by atoms with Gasteiger partial charge in [-0.3, -0.25) is 4.79 Å². The van der Waals surface area contributed by atoms with E-state index in [1.54, 1.807) is 17.0 Å². The minimum atomic E-state index is -0.226. The molecule has 19 heavy (non-hydrogen) atoms. The van der Waals surface area contributed by atoms with E-state index in [0.29, 0.717) is 11.7 Å². The van der Waals surface area contributed by atoms with Gasteiger partial charge in [0.2, 0.25) is 0 Å². The first-order valence-corrected chi connectivity index (χ1v) is 6.88. The van der Waals surface area contributed by atoms with E-state index in [1.807, 2.05) is 20.8 Å². The Balaban J connectivity index is 1.98. The zero-order chi connectivity index (χ0) is 13.9. The summed E-state index contributed by atoms with van der Waals surface area (Å²) in [5, 5.41) is 3.15. The zero-order valence-corrected chi connectivity index (χ0v) is 12.0. The van der Waals surface area contributed by atoms with Crippen LogP contribution < -0.4 is 10.9 Å². The van der Waals surface area contributed by atoms with Crippen LogP contribution in [0.15, 0.2) is 17.2 Å². The molecule has 1 atom stereocenters. The van der Waals surface area contributed by atoms with Gasteiger partial charge in [-0.15, -0.1) is 0 Å². The number of hydrogen-bond donors (Lipinski definition) is 1. The van der Waals surface area contributed by atoms with Gasteiger partial charge in [0.05, 0.1) is 0 Å². The maximum Gasteiger partial charge on any atom is 0.293 e. The minimum Gasteiger partial charge on any atom is -0.381 e. The number of hydrogen-bond acceptors (Lipinski definition) is 4. The van der Waals surface area contributed by atoms with Crippen molar-refractivity contribution in [3.63, 3.8) is 0 Å². The lowest BCUT2D eigenvalue weighted by atomic mass is 10.1. The Labute approximate surface area is 114 Å². The average molecular weight is 265 g/mol. The van der Waals surface area contributed by atoms with Crippen molar-refractivity contribution in [2.45, 2.75) is 39.2 Å². The van der Waals surface area contributed by atoms with Crippen LogP contribution in [0.3, 0.4) is 0 Å². The van der Waals surface area contributed by atoms with E-state index in [2.05, 4.69) is 10.3 Å². The van der Waals surface area contributed by atoms with Gasteiger partial charge in [0.1, 0.15) is 0 Å². The van der Waals surface area contributed by atoms with E-state index in [0.717, 1.165) is 32.6 Å². The van der Waals surface area contributed by atoms with Crippen LogP contribution in [0.4, 0.5) is 5.82 Å². The molecule has 0 aromatic carbocycles. The van der Waals surface area contributed by atoms with Crippen LogP contribution in [0, 0.1) is 5.92 Å². The third kappa shape index (κ3) is 3.56. The number of nitrogens with zero attached hydrogens (tertiary/aromatic N) is 2. The molecular weight excluding hydrogens is 242 g/mol. The molecule has 0 spiro atoms. The molecule has 0 saturated carbocycles. The van der Waals surface area contributed by atoms with Crippen LogP contribution in [0.5, 0.6) is 0 Å². The van der Waals surface area contributed by atoms with Crippen molar-refractivity contribution in [3.8, 4) is 0 Å². The molecule has 0 bridgehead atoms. The SMILES string of the molecule is CC(C)(C)n1ccnc(NCCC2CCOC2)c1=O. The first-order valence-electron chi connectivity index (χ1n) is 6.88. The van der Waals surface area contributed by atoms with Crippen molar-refractivity contribution >= 4 is 5.82 Å². The van der Waals surface area contributed by atoms with Crippen LogP contribution in [0.25, 0.3) is 0 Å². The van der Waals surface area contributed by atoms with Gasteiger partial charge in [-0.05, 0) is 39.5 Å². The summed E-state index contributed by atoms with van der Waals surface area (Å²) in [6.07, 6.45) is 5.55. The molecule has 5 nitrogen and oxygen atoms in total. The highest BCUT2D eigenvalue weighted by atomic mass is 16.5. The van der Waals surface area contributed by atoms with Gasteiger partial charge in [0, 0.05) is 37.7 Å². The Morgan fingerprint density at radius 3 is 2.95 bits per heavy atom. The molecule has 0 amide bonds. The standard InChI is InChI=1S/C14H23N3O2/c1-14(2,3)17-8-7-16-12(13(17)18)15-6-4-11-5-9-19-10-11/h7-8,11H,4-6,9-10H2,1-3H3,(H,15,16). The number of ether oxygens (including phenoxy) is 1. The maximum atomic E-state index is 12.3. The van der Waals surface area contributed by atoms with Gasteiger partial charge in [-0.25, -0.2) is 4.98 Å². The number of rotatable bonds is 4. The Kier molecular flexibility index (Phi) is 4.24. The summed E-state index contributed by atoms with van der Waals surface area (Å²) in [5.74, 6) is 1.05. The van der Waals surface area contributed by atoms with E-state index in [9.17, 15) is 4.79 Å². The Hall–Kier alpha value is -1.36. The second-order valence-corrected chi connectivity index (χ2v) is 6.07. The van der Waals surface area contributed by atoms with Crippen molar-refractivity contribution in [2.75, 3.05) is 25.1 Å². The van der Waals surface area contributed by atoms with E-state index >= 15 is 0 Å². The van der Waals surface area contributed by atoms with Crippen molar-refractivity contribution < 1.29 is 4.74 Å². The fourth-order valence-corrected chi connectivity index (χ4v) is 2.27. The highest BCUT2D eigenvalue weighted by Crippen LogP contribution is 2.16. The van der Waals surface area contributed by atoms with Crippen molar-refractivity contribution in [3.05, 3.63) is 22.7 Å². The van der Waals surface area contributed by atoms with Crippen LogP contribution in [-0.2, 0) is 10.3 Å². The largest absolute Gasteiger partial charge is 0.381 e. The molecule has 5 heteroatoms. The van der Waals surface area contributed by atoms with Gasteiger partial charge in [-0.2, -0.15) is 0 Å². The highest BCUT2D eigenvalue weighted by molar-refractivity contribution is 5.30. The maximum absolute atomic E-state index is 12.3. The third-order valence-corrected chi connectivity index (χ3v) is 3.43. The van der Waals surface area contributed by atoms with Gasteiger partial charge >= 0.3 is 0 Å². The quantitative estimate of drug-likeness (QED) is 0.902. The van der Waals surface area contributed by atoms with Crippen molar-refractivity contribution in [2.24, 2.45) is 5.92 Å². The summed E-state index contributed by atoms with van der Waals surface area (Å²) in [6, 6.07) is 0. The summed E-state index contributed by atoms with van der Waals surface area (Å²) in [5.41, 5.74) is -0.284. The monoisotopic (exact) mass is 265 g/mol. The molecule has 1 fully saturated rings. The molecule has 2 heterocycles. The topological polar surface area (TPSA) is 56.1 Å². The molecule has 1 saturated heterocycles. The second kappa shape index (κ2) is 5.74. The predicted molar refractivity (Wildman–Crippen MR) is 75.5 cm³/mol. The highest BCUT2D eigenvalue weighted by Gasteiger charge is 2.18. The first-order chi connectivity index (χ1) is 8.98. The summed E-state index contributed by atoms with van der Waals surface area (Å²) in [4.78, 5) is 16.4. The van der Waals surface area contributed by atoms with Gasteiger partial charge in [0.25, 0.3) is 5.56 Å². The lowest BCUT2D eigenvalue weighted by Crippen LogP contribution is -2.35. The average Bonchev–Trinajstić information content (AvgIpc) is 2.83. The normalized spacial score (nSPS) is 19.6. The molecule has 106 valence electrons. The van der Waals surface area contributed by atoms with E-state index in [-0.39, 0.29) is 11.1 Å². The second-order valence-electron chi connectivity index (χ2n) is 6.07. The number of aromatic nitrogens is 2.